The van der Waals surface area contributed by atoms with Crippen LogP contribution in [0.15, 0.2) is 0 Å². The fourth-order valence-corrected chi connectivity index (χ4v) is 0. The van der Waals surface area contributed by atoms with Gasteiger partial charge in [0, 0.05) is 0 Å². The Kier molecular flexibility index (Phi) is 27.5. The highest BCUT2D eigenvalue weighted by molar-refractivity contribution is 5.35. The zero-order valence-corrected chi connectivity index (χ0v) is 3.27. The first-order valence-electron chi connectivity index (χ1n) is 1.15. The van der Waals surface area contributed by atoms with Crippen molar-refractivity contribution in [2.45, 2.75) is 0 Å². The molecule has 0 aliphatic heterocycles. The van der Waals surface area contributed by atoms with E-state index in [4.69, 9.17) is 20.0 Å². The molecule has 0 atom stereocenters. The van der Waals surface area contributed by atoms with Gasteiger partial charge in [-0.05, 0) is 0 Å². The lowest BCUT2D eigenvalue weighted by atomic mass is 11.7. The molecule has 7 heavy (non-hydrogen) atoms. The van der Waals surface area contributed by atoms with Gasteiger partial charge in [0.15, 0.2) is 0 Å². The van der Waals surface area contributed by atoms with Crippen LogP contribution in [0.5, 0.6) is 0 Å². The molecule has 42 valence electrons. The second-order valence-corrected chi connectivity index (χ2v) is 0.307. The van der Waals surface area contributed by atoms with E-state index in [1.807, 2.05) is 0 Å². The topological polar surface area (TPSA) is 83.8 Å². The summed E-state index contributed by atoms with van der Waals surface area (Å²) in [7, 11) is 0. The lowest BCUT2D eigenvalue weighted by Crippen LogP contribution is -1.69. The molecule has 0 aromatic carbocycles. The Labute approximate surface area is 39.1 Å². The third-order valence-corrected chi connectivity index (χ3v) is 0.0430. The number of hydrogen-bond acceptors (Lipinski definition) is 4. The molecule has 0 radical (unpaired) electrons. The normalized spacial score (nSPS) is 4.71. The lowest BCUT2D eigenvalue weighted by Gasteiger charge is -1.63. The van der Waals surface area contributed by atoms with Gasteiger partial charge in [-0.2, -0.15) is 0 Å². The second kappa shape index (κ2) is 20.6. The Morgan fingerprint density at radius 2 is 1.57 bits per heavy atom. The summed E-state index contributed by atoms with van der Waals surface area (Å²) < 4.78 is 0. The van der Waals surface area contributed by atoms with Crippen LogP contribution in [0, 0.1) is 0 Å². The number of rotatable bonds is 1. The molecule has 0 aromatic rings. The summed E-state index contributed by atoms with van der Waals surface area (Å²) >= 11 is 0. The molecule has 0 amide bonds. The highest BCUT2D eigenvalue weighted by Gasteiger charge is 1.47. The van der Waals surface area contributed by atoms with Gasteiger partial charge < -0.3 is 9.99 Å². The van der Waals surface area contributed by atoms with Crippen molar-refractivity contribution in [2.24, 2.45) is 0 Å². The summed E-state index contributed by atoms with van der Waals surface area (Å²) in [6, 6.07) is 0. The van der Waals surface area contributed by atoms with E-state index in [0.717, 1.165) is 0 Å². The standard InChI is InChI=1S/CH2O3.CH2O2/c2-1-4-3;2-1-3/h1,3H;1H,(H,2,3). The summed E-state index contributed by atoms with van der Waals surface area (Å²) in [6.07, 6.45) is 0. The van der Waals surface area contributed by atoms with Crippen LogP contribution in [0.3, 0.4) is 0 Å². The molecule has 0 saturated heterocycles. The van der Waals surface area contributed by atoms with E-state index in [9.17, 15) is 0 Å². The molecule has 0 unspecified atom stereocenters. The zero-order chi connectivity index (χ0) is 6.12. The van der Waals surface area contributed by atoms with Gasteiger partial charge >= 0.3 is 6.47 Å². The molecule has 0 rings (SSSR count). The van der Waals surface area contributed by atoms with E-state index in [0.29, 0.717) is 0 Å². The minimum atomic E-state index is -0.250. The van der Waals surface area contributed by atoms with Crippen molar-refractivity contribution >= 4 is 12.9 Å². The SMILES string of the molecule is O=CO.O=COO. The van der Waals surface area contributed by atoms with E-state index in [2.05, 4.69) is 4.89 Å². The first-order valence-corrected chi connectivity index (χ1v) is 1.15. The Hall–Kier alpha value is -1.10. The average molecular weight is 108 g/mol. The zero-order valence-electron chi connectivity index (χ0n) is 3.27. The summed E-state index contributed by atoms with van der Waals surface area (Å²) in [4.78, 5) is 19.9. The maximum atomic E-state index is 8.70. The molecule has 0 fully saturated rings. The Balaban J connectivity index is 0. The fourth-order valence-electron chi connectivity index (χ4n) is 0. The van der Waals surface area contributed by atoms with Crippen LogP contribution in [0.4, 0.5) is 0 Å². The van der Waals surface area contributed by atoms with Crippen LogP contribution in [0.2, 0.25) is 0 Å². The summed E-state index contributed by atoms with van der Waals surface area (Å²) in [6.45, 7) is -0.319. The van der Waals surface area contributed by atoms with Gasteiger partial charge in [0.1, 0.15) is 0 Å². The van der Waals surface area contributed by atoms with Crippen LogP contribution < -0.4 is 0 Å². The van der Waals surface area contributed by atoms with Gasteiger partial charge in [-0.15, -0.1) is 0 Å². The minimum absolute atomic E-state index is 0.0694. The van der Waals surface area contributed by atoms with Crippen molar-refractivity contribution in [1.82, 2.24) is 0 Å². The second-order valence-electron chi connectivity index (χ2n) is 0.307. The predicted molar refractivity (Wildman–Crippen MR) is 18.5 cm³/mol. The van der Waals surface area contributed by atoms with Gasteiger partial charge in [-0.1, -0.05) is 0 Å². The van der Waals surface area contributed by atoms with Crippen LogP contribution in [0.25, 0.3) is 0 Å². The van der Waals surface area contributed by atoms with Gasteiger partial charge in [0.2, 0.25) is 0 Å². The minimum Gasteiger partial charge on any atom is -0.483 e. The van der Waals surface area contributed by atoms with Crippen LogP contribution >= 0.6 is 0 Å². The highest BCUT2D eigenvalue weighted by atomic mass is 17.1. The smallest absolute Gasteiger partial charge is 0.330 e. The maximum Gasteiger partial charge on any atom is 0.330 e. The van der Waals surface area contributed by atoms with E-state index >= 15 is 0 Å². The molecule has 0 aromatic heterocycles. The van der Waals surface area contributed by atoms with Gasteiger partial charge in [-0.25, -0.2) is 5.26 Å². The summed E-state index contributed by atoms with van der Waals surface area (Å²) in [5.41, 5.74) is 0. The first kappa shape index (κ1) is 9.31. The fraction of sp³-hybridized carbons (Fsp3) is 0. The first-order chi connectivity index (χ1) is 3.33. The molecule has 0 spiro atoms. The Morgan fingerprint density at radius 3 is 1.57 bits per heavy atom. The van der Waals surface area contributed by atoms with Crippen LogP contribution in [-0.4, -0.2) is 23.3 Å². The van der Waals surface area contributed by atoms with Crippen LogP contribution in [-0.2, 0) is 14.5 Å². The monoisotopic (exact) mass is 108 g/mol. The molecule has 5 heteroatoms. The summed E-state index contributed by atoms with van der Waals surface area (Å²) in [5.74, 6) is 0. The number of hydrogen-bond donors (Lipinski definition) is 2. The third-order valence-electron chi connectivity index (χ3n) is 0.0430. The van der Waals surface area contributed by atoms with Crippen molar-refractivity contribution in [1.29, 1.82) is 0 Å². The molecule has 0 aliphatic rings. The van der Waals surface area contributed by atoms with Gasteiger partial charge in [-0.3, -0.25) is 9.59 Å². The molecular weight excluding hydrogens is 104 g/mol. The summed E-state index contributed by atoms with van der Waals surface area (Å²) in [5, 5.41) is 13.9. The van der Waals surface area contributed by atoms with E-state index in [1.165, 1.54) is 0 Å². The number of carboxylic acid groups (broad SMARTS) is 1. The van der Waals surface area contributed by atoms with Crippen molar-refractivity contribution in [3.63, 3.8) is 0 Å². The van der Waals surface area contributed by atoms with Crippen molar-refractivity contribution in [3.05, 3.63) is 0 Å². The molecule has 2 N–H and O–H groups in total. The van der Waals surface area contributed by atoms with Crippen molar-refractivity contribution < 1.29 is 24.8 Å². The van der Waals surface area contributed by atoms with Gasteiger partial charge in [0.25, 0.3) is 6.47 Å². The van der Waals surface area contributed by atoms with Crippen LogP contribution in [0.1, 0.15) is 0 Å². The molecule has 0 heterocycles. The maximum absolute atomic E-state index is 8.70. The number of carbonyl (C=O) groups is 2. The Morgan fingerprint density at radius 1 is 1.43 bits per heavy atom. The third kappa shape index (κ3) is 4120. The van der Waals surface area contributed by atoms with Gasteiger partial charge in [0.05, 0.1) is 0 Å². The predicted octanol–water partition coefficient (Wildman–Crippen LogP) is -0.667. The molecule has 5 nitrogen and oxygen atoms in total. The lowest BCUT2D eigenvalue weighted by molar-refractivity contribution is -0.217. The molecule has 0 saturated carbocycles. The van der Waals surface area contributed by atoms with E-state index in [1.54, 1.807) is 0 Å². The van der Waals surface area contributed by atoms with Crippen molar-refractivity contribution in [2.75, 3.05) is 0 Å². The van der Waals surface area contributed by atoms with E-state index in [-0.39, 0.29) is 12.9 Å². The molecule has 0 bridgehead atoms. The van der Waals surface area contributed by atoms with Crippen molar-refractivity contribution in [3.8, 4) is 0 Å². The number of carbonyl (C=O) groups excluding carboxylic acids is 1. The quantitative estimate of drug-likeness (QED) is 0.264. The molecular formula is C2H4O5. The largest absolute Gasteiger partial charge is 0.483 e. The highest BCUT2D eigenvalue weighted by Crippen LogP contribution is 1.33. The average Bonchev–Trinajstić information content (AvgIpc) is 1.69. The molecule has 0 aliphatic carbocycles. The Bertz CT molecular complexity index is 41.3. The van der Waals surface area contributed by atoms with E-state index < -0.39 is 0 Å².